The van der Waals surface area contributed by atoms with Crippen molar-refractivity contribution in [3.05, 3.63) is 24.3 Å². The van der Waals surface area contributed by atoms with Gasteiger partial charge in [-0.1, -0.05) is 411 Å². The second-order valence-corrected chi connectivity index (χ2v) is 31.0. The number of phosphoric ester groups is 1. The smallest absolute Gasteiger partial charge is 0.387 e. The average molecular weight is 1290 g/mol. The largest absolute Gasteiger partial charge is 0.472 e. The van der Waals surface area contributed by atoms with E-state index >= 15 is 0 Å². The molecular formula is C81H162N2O6P+. The van der Waals surface area contributed by atoms with Gasteiger partial charge in [-0.3, -0.25) is 13.8 Å². The molecule has 0 radical (unpaired) electrons. The Hall–Kier alpha value is -1.02. The van der Waals surface area contributed by atoms with Gasteiger partial charge in [0, 0.05) is 6.42 Å². The van der Waals surface area contributed by atoms with Crippen LogP contribution in [0, 0.1) is 0 Å². The molecule has 0 aliphatic carbocycles. The molecule has 0 rings (SSSR count). The maximum atomic E-state index is 13.1. The van der Waals surface area contributed by atoms with Crippen LogP contribution in [0.15, 0.2) is 24.3 Å². The van der Waals surface area contributed by atoms with Gasteiger partial charge in [0.1, 0.15) is 13.2 Å². The molecule has 9 heteroatoms. The number of amides is 1. The van der Waals surface area contributed by atoms with Crippen LogP contribution >= 0.6 is 7.82 Å². The molecule has 0 fully saturated rings. The number of hydrogen-bond acceptors (Lipinski definition) is 5. The molecule has 0 aromatic heterocycles. The van der Waals surface area contributed by atoms with Gasteiger partial charge in [0.2, 0.25) is 5.91 Å². The number of nitrogens with zero attached hydrogens (tertiary/aromatic N) is 1. The van der Waals surface area contributed by atoms with Crippen molar-refractivity contribution in [2.24, 2.45) is 0 Å². The van der Waals surface area contributed by atoms with Gasteiger partial charge in [0.15, 0.2) is 0 Å². The maximum Gasteiger partial charge on any atom is 0.472 e. The fourth-order valence-corrected chi connectivity index (χ4v) is 13.6. The van der Waals surface area contributed by atoms with Crippen LogP contribution in [0.25, 0.3) is 0 Å². The number of likely N-dealkylation sites (N-methyl/N-ethyl adjacent to an activating group) is 1. The number of hydrogen-bond donors (Lipinski definition) is 3. The minimum absolute atomic E-state index is 0.0650. The van der Waals surface area contributed by atoms with Crippen LogP contribution in [0.1, 0.15) is 438 Å². The molecule has 1 amide bonds. The summed E-state index contributed by atoms with van der Waals surface area (Å²) in [6.07, 6.45) is 96.7. The molecule has 0 aliphatic rings. The standard InChI is InChI=1S/C81H161N2O6P/c1-6-8-10-12-14-16-18-20-22-24-26-28-30-32-34-35-36-37-38-39-40-41-42-43-44-45-46-47-49-51-53-55-57-59-61-63-65-67-69-71-73-75-81(85)82-79(78-89-90(86,87)88-77-76-83(3,4)5)80(84)74-72-70-68-66-64-62-60-58-56-54-52-50-48-33-31-29-27-25-23-21-19-17-15-13-11-9-7-2/h24,26,72,74,79-80,84H,6-23,25,27-71,73,75-78H2,1-5H3,(H-,82,85,86,87)/p+1/b26-24-,74-72+. The van der Waals surface area contributed by atoms with Crippen molar-refractivity contribution < 1.29 is 32.9 Å². The summed E-state index contributed by atoms with van der Waals surface area (Å²) in [5.41, 5.74) is 0. The third kappa shape index (κ3) is 74.4. The van der Waals surface area contributed by atoms with Crippen molar-refractivity contribution in [2.75, 3.05) is 40.9 Å². The zero-order valence-electron chi connectivity index (χ0n) is 61.7. The van der Waals surface area contributed by atoms with Crippen LogP contribution in [-0.2, 0) is 18.4 Å². The molecule has 0 spiro atoms. The Morgan fingerprint density at radius 1 is 0.367 bits per heavy atom. The van der Waals surface area contributed by atoms with E-state index in [2.05, 4.69) is 31.3 Å². The first-order valence-electron chi connectivity index (χ1n) is 40.7. The quantitative estimate of drug-likeness (QED) is 0.0243. The molecular weight excluding hydrogens is 1130 g/mol. The van der Waals surface area contributed by atoms with Crippen LogP contribution < -0.4 is 5.32 Å². The zero-order valence-corrected chi connectivity index (χ0v) is 62.6. The number of unbranched alkanes of at least 4 members (excludes halogenated alkanes) is 62. The van der Waals surface area contributed by atoms with E-state index in [4.69, 9.17) is 9.05 Å². The summed E-state index contributed by atoms with van der Waals surface area (Å²) in [7, 11) is 1.60. The number of quaternary nitrogens is 1. The Morgan fingerprint density at radius 2 is 0.600 bits per heavy atom. The number of rotatable bonds is 77. The van der Waals surface area contributed by atoms with E-state index in [1.807, 2.05) is 27.2 Å². The summed E-state index contributed by atoms with van der Waals surface area (Å²) in [5, 5.41) is 14.1. The minimum Gasteiger partial charge on any atom is -0.387 e. The maximum absolute atomic E-state index is 13.1. The van der Waals surface area contributed by atoms with Crippen LogP contribution in [0.4, 0.5) is 0 Å². The minimum atomic E-state index is -4.35. The normalized spacial score (nSPS) is 13.5. The summed E-state index contributed by atoms with van der Waals surface area (Å²) >= 11 is 0. The van der Waals surface area contributed by atoms with Gasteiger partial charge in [-0.2, -0.15) is 0 Å². The Morgan fingerprint density at radius 3 is 0.856 bits per heavy atom. The van der Waals surface area contributed by atoms with Crippen LogP contribution in [0.3, 0.4) is 0 Å². The van der Waals surface area contributed by atoms with Crippen LogP contribution in [0.2, 0.25) is 0 Å². The molecule has 0 saturated heterocycles. The predicted octanol–water partition coefficient (Wildman–Crippen LogP) is 26.6. The Balaban J connectivity index is 3.89. The number of carbonyl (C=O) groups is 1. The van der Waals surface area contributed by atoms with Gasteiger partial charge in [-0.25, -0.2) is 4.57 Å². The van der Waals surface area contributed by atoms with Crippen molar-refractivity contribution in [2.45, 2.75) is 450 Å². The number of aliphatic hydroxyl groups is 1. The number of carbonyl (C=O) groups excluding carboxylic acids is 1. The van der Waals surface area contributed by atoms with E-state index in [1.54, 1.807) is 6.08 Å². The van der Waals surface area contributed by atoms with Gasteiger partial charge >= 0.3 is 7.82 Å². The van der Waals surface area contributed by atoms with Crippen LogP contribution in [-0.4, -0.2) is 73.4 Å². The molecule has 8 nitrogen and oxygen atoms in total. The highest BCUT2D eigenvalue weighted by molar-refractivity contribution is 7.47. The summed E-state index contributed by atoms with van der Waals surface area (Å²) in [6, 6.07) is -0.845. The second-order valence-electron chi connectivity index (χ2n) is 29.5. The highest BCUT2D eigenvalue weighted by Gasteiger charge is 2.28. The fourth-order valence-electron chi connectivity index (χ4n) is 12.9. The molecule has 0 saturated carbocycles. The van der Waals surface area contributed by atoms with Gasteiger partial charge in [0.05, 0.1) is 39.9 Å². The van der Waals surface area contributed by atoms with Gasteiger partial charge in [0.25, 0.3) is 0 Å². The molecule has 3 N–H and O–H groups in total. The van der Waals surface area contributed by atoms with Gasteiger partial charge < -0.3 is 19.8 Å². The summed E-state index contributed by atoms with van der Waals surface area (Å²) in [6.45, 7) is 4.89. The van der Waals surface area contributed by atoms with Crippen molar-refractivity contribution in [1.82, 2.24) is 5.32 Å². The Labute approximate surface area is 564 Å². The first-order chi connectivity index (χ1) is 44.0. The molecule has 3 unspecified atom stereocenters. The van der Waals surface area contributed by atoms with Gasteiger partial charge in [-0.05, 0) is 44.9 Å². The first-order valence-corrected chi connectivity index (χ1v) is 42.2. The number of aliphatic hydroxyl groups excluding tert-OH is 1. The van der Waals surface area contributed by atoms with E-state index < -0.39 is 20.0 Å². The van der Waals surface area contributed by atoms with E-state index in [0.717, 1.165) is 32.1 Å². The molecule has 536 valence electrons. The Kier molecular flexibility index (Phi) is 71.4. The number of allylic oxidation sites excluding steroid dienone is 3. The summed E-state index contributed by atoms with van der Waals surface area (Å²) in [4.78, 5) is 23.5. The monoisotopic (exact) mass is 1290 g/mol. The van der Waals surface area contributed by atoms with Crippen LogP contribution in [0.5, 0.6) is 0 Å². The van der Waals surface area contributed by atoms with Crippen molar-refractivity contribution in [1.29, 1.82) is 0 Å². The molecule has 0 aliphatic heterocycles. The van der Waals surface area contributed by atoms with Crippen molar-refractivity contribution in [3.63, 3.8) is 0 Å². The third-order valence-corrected chi connectivity index (χ3v) is 20.1. The van der Waals surface area contributed by atoms with E-state index in [9.17, 15) is 19.4 Å². The molecule has 0 bridgehead atoms. The lowest BCUT2D eigenvalue weighted by atomic mass is 10.0. The highest BCUT2D eigenvalue weighted by atomic mass is 31.2. The first kappa shape index (κ1) is 89.0. The Bertz CT molecular complexity index is 1520. The van der Waals surface area contributed by atoms with Gasteiger partial charge in [-0.15, -0.1) is 0 Å². The third-order valence-electron chi connectivity index (χ3n) is 19.2. The van der Waals surface area contributed by atoms with Crippen molar-refractivity contribution in [3.8, 4) is 0 Å². The number of phosphoric acid groups is 1. The highest BCUT2D eigenvalue weighted by Crippen LogP contribution is 2.43. The lowest BCUT2D eigenvalue weighted by Crippen LogP contribution is -2.45. The summed E-state index contributed by atoms with van der Waals surface area (Å²) in [5.74, 6) is -0.166. The van der Waals surface area contributed by atoms with E-state index in [-0.39, 0.29) is 19.1 Å². The molecule has 0 aromatic carbocycles. The van der Waals surface area contributed by atoms with Crippen molar-refractivity contribution >= 4 is 13.7 Å². The summed E-state index contributed by atoms with van der Waals surface area (Å²) < 4.78 is 23.9. The second kappa shape index (κ2) is 72.3. The number of nitrogens with one attached hydrogen (secondary N) is 1. The lowest BCUT2D eigenvalue weighted by molar-refractivity contribution is -0.870. The SMILES string of the molecule is CCCCCCCCCC/C=C\CCCCCCCCCCCCCCCCCCCCCCCCCCCCCCCC(=O)NC(COP(=O)(O)OCC[N+](C)(C)C)C(O)/C=C/CCCCCCCCCCCCCCCCCCCCCCCCCCC. The molecule has 0 heterocycles. The average Bonchev–Trinajstić information content (AvgIpc) is 3.09. The topological polar surface area (TPSA) is 105 Å². The van der Waals surface area contributed by atoms with E-state index in [0.29, 0.717) is 17.4 Å². The fraction of sp³-hybridized carbons (Fsp3) is 0.938. The predicted molar refractivity (Wildman–Crippen MR) is 397 cm³/mol. The molecule has 0 aromatic rings. The molecule has 3 atom stereocenters. The zero-order chi connectivity index (χ0) is 65.5. The van der Waals surface area contributed by atoms with E-state index in [1.165, 1.54) is 385 Å². The lowest BCUT2D eigenvalue weighted by Gasteiger charge is -2.25. The molecule has 90 heavy (non-hydrogen) atoms.